The molecule has 28 heavy (non-hydrogen) atoms. The highest BCUT2D eigenvalue weighted by molar-refractivity contribution is 14.0. The number of piperidine rings is 1. The Morgan fingerprint density at radius 1 is 1.39 bits per heavy atom. The number of carbonyl (C=O) groups excluding carboxylic acids is 1. The Morgan fingerprint density at radius 2 is 2.14 bits per heavy atom. The first-order chi connectivity index (χ1) is 13.1. The van der Waals surface area contributed by atoms with Gasteiger partial charge in [-0.15, -0.1) is 35.3 Å². The Kier molecular flexibility index (Phi) is 8.68. The van der Waals surface area contributed by atoms with Gasteiger partial charge < -0.3 is 16.0 Å². The lowest BCUT2D eigenvalue weighted by molar-refractivity contribution is -0.119. The van der Waals surface area contributed by atoms with Crippen molar-refractivity contribution >= 4 is 47.2 Å². The lowest BCUT2D eigenvalue weighted by Crippen LogP contribution is -2.46. The monoisotopic (exact) mass is 513 g/mol. The van der Waals surface area contributed by atoms with Crippen molar-refractivity contribution in [1.82, 2.24) is 15.2 Å². The lowest BCUT2D eigenvalue weighted by atomic mass is 9.95. The number of guanidine groups is 1. The molecule has 3 rings (SSSR count). The van der Waals surface area contributed by atoms with E-state index < -0.39 is 0 Å². The number of carbonyl (C=O) groups is 1. The third-order valence-electron chi connectivity index (χ3n) is 4.84. The molecule has 1 aromatic heterocycles. The van der Waals surface area contributed by atoms with Crippen LogP contribution >= 0.6 is 35.3 Å². The number of nitrogens with one attached hydrogen (secondary N) is 1. The van der Waals surface area contributed by atoms with Gasteiger partial charge in [0.15, 0.2) is 5.96 Å². The van der Waals surface area contributed by atoms with Gasteiger partial charge in [0.25, 0.3) is 0 Å². The first-order valence-electron chi connectivity index (χ1n) is 9.32. The second-order valence-electron chi connectivity index (χ2n) is 6.92. The smallest absolute Gasteiger partial charge is 0.217 e. The van der Waals surface area contributed by atoms with Gasteiger partial charge >= 0.3 is 0 Å². The molecule has 152 valence electrons. The Hall–Kier alpha value is -1.68. The van der Waals surface area contributed by atoms with E-state index in [9.17, 15) is 4.79 Å². The van der Waals surface area contributed by atoms with Crippen LogP contribution in [0, 0.1) is 12.8 Å². The highest BCUT2D eigenvalue weighted by Crippen LogP contribution is 2.27. The van der Waals surface area contributed by atoms with Gasteiger partial charge in [0, 0.05) is 37.0 Å². The molecule has 1 fully saturated rings. The lowest BCUT2D eigenvalue weighted by Gasteiger charge is -2.34. The van der Waals surface area contributed by atoms with Crippen LogP contribution in [0.25, 0.3) is 10.6 Å². The molecule has 3 N–H and O–H groups in total. The number of halogens is 1. The average Bonchev–Trinajstić information content (AvgIpc) is 3.04. The molecule has 1 unspecified atom stereocenters. The van der Waals surface area contributed by atoms with Crippen LogP contribution in [0.2, 0.25) is 0 Å². The van der Waals surface area contributed by atoms with Crippen LogP contribution in [0.15, 0.2) is 35.3 Å². The van der Waals surface area contributed by atoms with E-state index in [0.29, 0.717) is 18.9 Å². The number of nitrogens with two attached hydrogens (primary N) is 1. The van der Waals surface area contributed by atoms with Crippen LogP contribution in [0.3, 0.4) is 0 Å². The molecule has 6 nitrogen and oxygen atoms in total. The van der Waals surface area contributed by atoms with Gasteiger partial charge in [-0.2, -0.15) is 0 Å². The summed E-state index contributed by atoms with van der Waals surface area (Å²) in [6.07, 6.45) is 2.54. The zero-order valence-electron chi connectivity index (χ0n) is 16.4. The SMILES string of the molecule is CN=C(NCc1sc(-c2ccccc2)nc1C)N1CCCC(CC(N)=O)C1.I. The number of benzene rings is 1. The summed E-state index contributed by atoms with van der Waals surface area (Å²) in [6.45, 7) is 4.51. The maximum atomic E-state index is 11.2. The first kappa shape index (κ1) is 22.6. The molecule has 1 aliphatic heterocycles. The van der Waals surface area contributed by atoms with Gasteiger partial charge in [0.05, 0.1) is 12.2 Å². The molecule has 1 aliphatic rings. The van der Waals surface area contributed by atoms with Crippen molar-refractivity contribution in [2.45, 2.75) is 32.7 Å². The number of nitrogens with zero attached hydrogens (tertiary/aromatic N) is 3. The molecular weight excluding hydrogens is 485 g/mol. The maximum Gasteiger partial charge on any atom is 0.217 e. The third kappa shape index (κ3) is 5.91. The van der Waals surface area contributed by atoms with Gasteiger partial charge in [-0.1, -0.05) is 30.3 Å². The number of hydrogen-bond donors (Lipinski definition) is 2. The second kappa shape index (κ2) is 10.8. The Labute approximate surface area is 187 Å². The number of aryl methyl sites for hydroxylation is 1. The number of likely N-dealkylation sites (tertiary alicyclic amines) is 1. The number of primary amides is 1. The summed E-state index contributed by atoms with van der Waals surface area (Å²) in [4.78, 5) is 23.8. The summed E-state index contributed by atoms with van der Waals surface area (Å²) in [5.74, 6) is 0.960. The van der Waals surface area contributed by atoms with Crippen molar-refractivity contribution in [3.05, 3.63) is 40.9 Å². The summed E-state index contributed by atoms with van der Waals surface area (Å²) in [5.41, 5.74) is 7.56. The summed E-state index contributed by atoms with van der Waals surface area (Å²) in [5, 5.41) is 4.51. The van der Waals surface area contributed by atoms with E-state index in [1.54, 1.807) is 18.4 Å². The number of amides is 1. The van der Waals surface area contributed by atoms with Crippen molar-refractivity contribution in [3.63, 3.8) is 0 Å². The van der Waals surface area contributed by atoms with Gasteiger partial charge in [0.2, 0.25) is 5.91 Å². The molecule has 8 heteroatoms. The minimum Gasteiger partial charge on any atom is -0.370 e. The largest absolute Gasteiger partial charge is 0.370 e. The van der Waals surface area contributed by atoms with Crippen molar-refractivity contribution in [1.29, 1.82) is 0 Å². The van der Waals surface area contributed by atoms with E-state index >= 15 is 0 Å². The Bertz CT molecular complexity index is 808. The molecule has 2 aromatic rings. The molecule has 0 bridgehead atoms. The van der Waals surface area contributed by atoms with Gasteiger partial charge in [-0.05, 0) is 25.7 Å². The predicted octanol–water partition coefficient (Wildman–Crippen LogP) is 3.40. The van der Waals surface area contributed by atoms with Crippen molar-refractivity contribution < 1.29 is 4.79 Å². The molecular formula is C20H28IN5OS. The van der Waals surface area contributed by atoms with Crippen molar-refractivity contribution in [2.75, 3.05) is 20.1 Å². The van der Waals surface area contributed by atoms with Crippen LogP contribution in [0.4, 0.5) is 0 Å². The van der Waals surface area contributed by atoms with E-state index in [1.165, 1.54) is 4.88 Å². The quantitative estimate of drug-likeness (QED) is 0.365. The van der Waals surface area contributed by atoms with Gasteiger partial charge in [0.1, 0.15) is 5.01 Å². The molecule has 0 radical (unpaired) electrons. The van der Waals surface area contributed by atoms with E-state index in [4.69, 9.17) is 10.7 Å². The molecule has 2 heterocycles. The minimum absolute atomic E-state index is 0. The first-order valence-corrected chi connectivity index (χ1v) is 10.1. The number of aliphatic imine (C=N–C) groups is 1. The Morgan fingerprint density at radius 3 is 2.82 bits per heavy atom. The van der Waals surface area contributed by atoms with E-state index in [0.717, 1.165) is 48.2 Å². The number of thiazole rings is 1. The Balaban J connectivity index is 0.00000280. The van der Waals surface area contributed by atoms with Gasteiger partial charge in [-0.3, -0.25) is 9.79 Å². The van der Waals surface area contributed by atoms with Crippen LogP contribution in [0.5, 0.6) is 0 Å². The molecule has 1 atom stereocenters. The fraction of sp³-hybridized carbons (Fsp3) is 0.450. The zero-order chi connectivity index (χ0) is 19.2. The zero-order valence-corrected chi connectivity index (χ0v) is 19.5. The summed E-state index contributed by atoms with van der Waals surface area (Å²) in [7, 11) is 1.80. The van der Waals surface area contributed by atoms with Crippen LogP contribution in [-0.2, 0) is 11.3 Å². The number of hydrogen-bond acceptors (Lipinski definition) is 4. The van der Waals surface area contributed by atoms with E-state index in [-0.39, 0.29) is 29.9 Å². The second-order valence-corrected chi connectivity index (χ2v) is 8.00. The molecule has 1 aromatic carbocycles. The predicted molar refractivity (Wildman–Crippen MR) is 126 cm³/mol. The van der Waals surface area contributed by atoms with Crippen LogP contribution in [-0.4, -0.2) is 41.9 Å². The maximum absolute atomic E-state index is 11.2. The van der Waals surface area contributed by atoms with Crippen molar-refractivity contribution in [2.24, 2.45) is 16.6 Å². The van der Waals surface area contributed by atoms with E-state index in [1.807, 2.05) is 25.1 Å². The normalized spacial score (nSPS) is 17.1. The standard InChI is InChI=1S/C20H27N5OS.HI/c1-14-17(27-19(24-14)16-8-4-3-5-9-16)12-23-20(22-2)25-10-6-7-15(13-25)11-18(21)26;/h3-5,8-9,15H,6-7,10-13H2,1-2H3,(H2,21,26)(H,22,23);1H. The number of rotatable bonds is 5. The highest BCUT2D eigenvalue weighted by Gasteiger charge is 2.23. The minimum atomic E-state index is -0.224. The van der Waals surface area contributed by atoms with Gasteiger partial charge in [-0.25, -0.2) is 4.98 Å². The van der Waals surface area contributed by atoms with Crippen LogP contribution in [0.1, 0.15) is 29.8 Å². The molecule has 0 spiro atoms. The number of aromatic nitrogens is 1. The molecule has 1 amide bonds. The fourth-order valence-corrected chi connectivity index (χ4v) is 4.50. The van der Waals surface area contributed by atoms with E-state index in [2.05, 4.69) is 27.3 Å². The third-order valence-corrected chi connectivity index (χ3v) is 6.05. The van der Waals surface area contributed by atoms with Crippen LogP contribution < -0.4 is 11.1 Å². The molecule has 0 aliphatic carbocycles. The topological polar surface area (TPSA) is 83.6 Å². The fourth-order valence-electron chi connectivity index (χ4n) is 3.50. The van der Waals surface area contributed by atoms with Crippen molar-refractivity contribution in [3.8, 4) is 10.6 Å². The molecule has 0 saturated carbocycles. The highest BCUT2D eigenvalue weighted by atomic mass is 127. The summed E-state index contributed by atoms with van der Waals surface area (Å²) >= 11 is 1.71. The average molecular weight is 513 g/mol. The summed E-state index contributed by atoms with van der Waals surface area (Å²) < 4.78 is 0. The summed E-state index contributed by atoms with van der Waals surface area (Å²) in [6, 6.07) is 10.2. The molecule has 1 saturated heterocycles.